The average Bonchev–Trinajstić information content (AvgIpc) is 3.09. The molecule has 0 atom stereocenters. The fraction of sp³-hybridized carbons (Fsp3) is 0.150. The first-order valence-electron chi connectivity index (χ1n) is 8.48. The van der Waals surface area contributed by atoms with Gasteiger partial charge in [0, 0.05) is 19.0 Å². The van der Waals surface area contributed by atoms with Gasteiger partial charge in [-0.05, 0) is 48.2 Å². The molecule has 0 bridgehead atoms. The van der Waals surface area contributed by atoms with Crippen molar-refractivity contribution in [1.82, 2.24) is 9.13 Å². The summed E-state index contributed by atoms with van der Waals surface area (Å²) in [5, 5.41) is 0. The van der Waals surface area contributed by atoms with Crippen molar-refractivity contribution in [2.45, 2.75) is 4.90 Å². The maximum absolute atomic E-state index is 13.0. The highest BCUT2D eigenvalue weighted by molar-refractivity contribution is 8.27. The lowest BCUT2D eigenvalue weighted by molar-refractivity contribution is -0.113. The molecule has 0 saturated carbocycles. The van der Waals surface area contributed by atoms with E-state index in [0.29, 0.717) is 9.23 Å². The third-order valence-corrected chi connectivity index (χ3v) is 6.73. The highest BCUT2D eigenvalue weighted by Crippen LogP contribution is 2.37. The molecule has 2 heterocycles. The molecule has 1 aliphatic heterocycles. The molecule has 0 radical (unpaired) electrons. The fourth-order valence-corrected chi connectivity index (χ4v) is 4.96. The Kier molecular flexibility index (Phi) is 4.95. The molecule has 8 heteroatoms. The van der Waals surface area contributed by atoms with Gasteiger partial charge >= 0.3 is 5.69 Å². The van der Waals surface area contributed by atoms with E-state index in [2.05, 4.69) is 0 Å². The molecule has 1 saturated heterocycles. The van der Waals surface area contributed by atoms with E-state index in [0.717, 1.165) is 27.2 Å². The minimum Gasteiger partial charge on any atom is -0.295 e. The topological polar surface area (TPSA) is 47.2 Å². The van der Waals surface area contributed by atoms with E-state index in [4.69, 9.17) is 12.2 Å². The number of benzene rings is 2. The van der Waals surface area contributed by atoms with Gasteiger partial charge in [-0.2, -0.15) is 0 Å². The number of nitrogens with zero attached hydrogens (tertiary/aromatic N) is 3. The number of rotatable bonds is 3. The number of carbonyl (C=O) groups is 1. The highest BCUT2D eigenvalue weighted by Gasteiger charge is 2.33. The van der Waals surface area contributed by atoms with E-state index < -0.39 is 0 Å². The quantitative estimate of drug-likeness (QED) is 0.359. The van der Waals surface area contributed by atoms with Crippen molar-refractivity contribution in [3.8, 4) is 0 Å². The molecular weight excluding hydrogens is 410 g/mol. The number of aryl methyl sites for hydroxylation is 2. The van der Waals surface area contributed by atoms with Crippen molar-refractivity contribution in [2.75, 3.05) is 11.2 Å². The van der Waals surface area contributed by atoms with Crippen LogP contribution in [0, 0.1) is 0 Å². The summed E-state index contributed by atoms with van der Waals surface area (Å²) in [5.41, 5.74) is 3.23. The first-order chi connectivity index (χ1) is 13.4. The zero-order valence-electron chi connectivity index (χ0n) is 15.5. The predicted molar refractivity (Wildman–Crippen MR) is 122 cm³/mol. The summed E-state index contributed by atoms with van der Waals surface area (Å²) in [5.74, 6) is -0.129. The number of imidazole rings is 1. The molecule has 3 aromatic rings. The molecule has 4 rings (SSSR count). The zero-order valence-corrected chi connectivity index (χ0v) is 18.0. The van der Waals surface area contributed by atoms with E-state index in [1.807, 2.05) is 54.8 Å². The molecule has 5 nitrogen and oxygen atoms in total. The Bertz CT molecular complexity index is 1220. The van der Waals surface area contributed by atoms with Gasteiger partial charge in [0.15, 0.2) is 4.32 Å². The number of thiocarbonyl (C=S) groups is 1. The number of thioether (sulfide) groups is 2. The second kappa shape index (κ2) is 7.27. The maximum Gasteiger partial charge on any atom is 0.328 e. The summed E-state index contributed by atoms with van der Waals surface area (Å²) in [7, 11) is 3.49. The van der Waals surface area contributed by atoms with Crippen molar-refractivity contribution in [3.63, 3.8) is 0 Å². The number of carbonyl (C=O) groups excluding carboxylic acids is 1. The van der Waals surface area contributed by atoms with Crippen molar-refractivity contribution >= 4 is 68.8 Å². The lowest BCUT2D eigenvalue weighted by atomic mass is 10.1. The summed E-state index contributed by atoms with van der Waals surface area (Å²) < 4.78 is 3.73. The van der Waals surface area contributed by atoms with Gasteiger partial charge in [0.2, 0.25) is 0 Å². The van der Waals surface area contributed by atoms with Crippen molar-refractivity contribution in [2.24, 2.45) is 14.1 Å². The Morgan fingerprint density at radius 3 is 2.54 bits per heavy atom. The van der Waals surface area contributed by atoms with E-state index >= 15 is 0 Å². The second-order valence-corrected chi connectivity index (χ2v) is 8.92. The lowest BCUT2D eigenvalue weighted by Crippen LogP contribution is -2.27. The van der Waals surface area contributed by atoms with Crippen LogP contribution in [0.15, 0.2) is 57.1 Å². The molecule has 1 aromatic heterocycles. The van der Waals surface area contributed by atoms with E-state index in [1.165, 1.54) is 11.8 Å². The second-order valence-electron chi connectivity index (χ2n) is 6.37. The molecule has 2 aromatic carbocycles. The molecular formula is C20H17N3O2S3. The Morgan fingerprint density at radius 1 is 1.04 bits per heavy atom. The number of aromatic nitrogens is 2. The van der Waals surface area contributed by atoms with Crippen LogP contribution in [0.4, 0.5) is 5.69 Å². The van der Waals surface area contributed by atoms with Crippen LogP contribution in [0.3, 0.4) is 0 Å². The third kappa shape index (κ3) is 3.11. The normalized spacial score (nSPS) is 16.0. The first kappa shape index (κ1) is 19.0. The monoisotopic (exact) mass is 427 g/mol. The van der Waals surface area contributed by atoms with Crippen LogP contribution in [-0.4, -0.2) is 25.6 Å². The number of fused-ring (bicyclic) bond motifs is 1. The molecule has 0 spiro atoms. The fourth-order valence-electron chi connectivity index (χ4n) is 3.20. The third-order valence-electron chi connectivity index (χ3n) is 4.70. The molecule has 0 N–H and O–H groups in total. The van der Waals surface area contributed by atoms with Gasteiger partial charge in [-0.1, -0.05) is 36.1 Å². The van der Waals surface area contributed by atoms with Crippen LogP contribution in [0.2, 0.25) is 0 Å². The summed E-state index contributed by atoms with van der Waals surface area (Å²) in [6, 6.07) is 13.5. The van der Waals surface area contributed by atoms with Crippen LogP contribution in [0.25, 0.3) is 17.1 Å². The van der Waals surface area contributed by atoms with E-state index in [1.54, 1.807) is 39.9 Å². The van der Waals surface area contributed by atoms with Gasteiger partial charge in [-0.15, -0.1) is 11.8 Å². The van der Waals surface area contributed by atoms with Gasteiger partial charge in [0.25, 0.3) is 5.91 Å². The minimum atomic E-state index is -0.129. The number of amides is 1. The molecule has 142 valence electrons. The standard InChI is InChI=1S/C20H17N3O2S3/c1-21-15-8-7-12(9-16(15)22(2)19(21)25)10-17-18(24)23(20(26)28-17)13-5-4-6-14(11-13)27-3/h4-11H,1-3H3/b17-10+. The van der Waals surface area contributed by atoms with Gasteiger partial charge < -0.3 is 0 Å². The largest absolute Gasteiger partial charge is 0.328 e. The maximum atomic E-state index is 13.0. The summed E-state index contributed by atoms with van der Waals surface area (Å²) in [6.07, 6.45) is 3.82. The average molecular weight is 428 g/mol. The van der Waals surface area contributed by atoms with Crippen molar-refractivity contribution < 1.29 is 4.79 Å². The van der Waals surface area contributed by atoms with Crippen LogP contribution >= 0.6 is 35.7 Å². The molecule has 0 unspecified atom stereocenters. The molecule has 1 amide bonds. The lowest BCUT2D eigenvalue weighted by Gasteiger charge is -2.15. The van der Waals surface area contributed by atoms with Gasteiger partial charge in [0.05, 0.1) is 21.6 Å². The SMILES string of the molecule is CSc1cccc(N2C(=O)/C(=C\c3ccc4c(c3)n(C)c(=O)n4C)SC2=S)c1. The van der Waals surface area contributed by atoms with Gasteiger partial charge in [0.1, 0.15) is 0 Å². The predicted octanol–water partition coefficient (Wildman–Crippen LogP) is 4.00. The minimum absolute atomic E-state index is 0.0767. The van der Waals surface area contributed by atoms with Crippen LogP contribution < -0.4 is 10.6 Å². The Hall–Kier alpha value is -2.29. The summed E-state index contributed by atoms with van der Waals surface area (Å²) >= 11 is 8.37. The molecule has 1 fully saturated rings. The van der Waals surface area contributed by atoms with Crippen LogP contribution in [0.1, 0.15) is 5.56 Å². The number of hydrogen-bond acceptors (Lipinski definition) is 5. The van der Waals surface area contributed by atoms with Gasteiger partial charge in [-0.25, -0.2) is 4.79 Å². The molecule has 0 aliphatic carbocycles. The molecule has 28 heavy (non-hydrogen) atoms. The Balaban J connectivity index is 1.72. The zero-order chi connectivity index (χ0) is 20.0. The van der Waals surface area contributed by atoms with Crippen LogP contribution in [-0.2, 0) is 18.9 Å². The molecule has 1 aliphatic rings. The van der Waals surface area contributed by atoms with Crippen LogP contribution in [0.5, 0.6) is 0 Å². The van der Waals surface area contributed by atoms with E-state index in [-0.39, 0.29) is 11.6 Å². The first-order valence-corrected chi connectivity index (χ1v) is 10.9. The van der Waals surface area contributed by atoms with Gasteiger partial charge in [-0.3, -0.25) is 18.8 Å². The highest BCUT2D eigenvalue weighted by atomic mass is 32.2. The Morgan fingerprint density at radius 2 is 1.79 bits per heavy atom. The van der Waals surface area contributed by atoms with Crippen molar-refractivity contribution in [3.05, 3.63) is 63.4 Å². The van der Waals surface area contributed by atoms with E-state index in [9.17, 15) is 9.59 Å². The smallest absolute Gasteiger partial charge is 0.295 e. The summed E-state index contributed by atoms with van der Waals surface area (Å²) in [6.45, 7) is 0. The van der Waals surface area contributed by atoms with Crippen molar-refractivity contribution in [1.29, 1.82) is 0 Å². The Labute approximate surface area is 176 Å². The number of hydrogen-bond donors (Lipinski definition) is 0. The number of anilines is 1. The summed E-state index contributed by atoms with van der Waals surface area (Å²) in [4.78, 5) is 28.3.